The van der Waals surface area contributed by atoms with Crippen LogP contribution < -0.4 is 14.8 Å². The molecule has 0 saturated carbocycles. The van der Waals surface area contributed by atoms with Gasteiger partial charge in [-0.25, -0.2) is 4.68 Å². The van der Waals surface area contributed by atoms with Crippen LogP contribution in [0.3, 0.4) is 0 Å². The Balaban J connectivity index is 1.60. The minimum Gasteiger partial charge on any atom is -0.497 e. The quantitative estimate of drug-likeness (QED) is 0.407. The standard InChI is InChI=1S/C25H19BrN4O2/c1-31-18-12-8-15(9-13-18)23-21-22(29-25-27-14-28-30(23)25)19-4-2-3-5-20(19)32-24(21)16-6-10-17(26)11-7-16/h2-14,23-24H,1H3,(H,27,28,29)/t23-,24-/m0/s1. The Labute approximate surface area is 193 Å². The zero-order valence-electron chi connectivity index (χ0n) is 17.2. The molecule has 0 spiro atoms. The van der Waals surface area contributed by atoms with Gasteiger partial charge in [0.25, 0.3) is 0 Å². The molecule has 2 aliphatic rings. The van der Waals surface area contributed by atoms with Crippen molar-refractivity contribution in [3.8, 4) is 11.5 Å². The summed E-state index contributed by atoms with van der Waals surface area (Å²) in [6.45, 7) is 0. The van der Waals surface area contributed by atoms with Crippen molar-refractivity contribution in [3.05, 3.63) is 106 Å². The first-order chi connectivity index (χ1) is 15.7. The van der Waals surface area contributed by atoms with Crippen LogP contribution in [0, 0.1) is 0 Å². The lowest BCUT2D eigenvalue weighted by atomic mass is 9.84. The Morgan fingerprint density at radius 2 is 1.72 bits per heavy atom. The van der Waals surface area contributed by atoms with Gasteiger partial charge in [-0.05, 0) is 47.5 Å². The van der Waals surface area contributed by atoms with Crippen molar-refractivity contribution in [2.45, 2.75) is 12.1 Å². The Hall–Kier alpha value is -3.58. The first-order valence-electron chi connectivity index (χ1n) is 10.3. The van der Waals surface area contributed by atoms with Gasteiger partial charge in [0.1, 0.15) is 30.0 Å². The molecule has 6 nitrogen and oxygen atoms in total. The van der Waals surface area contributed by atoms with E-state index in [1.165, 1.54) is 0 Å². The summed E-state index contributed by atoms with van der Waals surface area (Å²) in [7, 11) is 1.67. The first kappa shape index (κ1) is 19.1. The number of rotatable bonds is 3. The Bertz CT molecular complexity index is 1330. The molecule has 3 aromatic carbocycles. The van der Waals surface area contributed by atoms with Crippen molar-refractivity contribution in [2.24, 2.45) is 0 Å². The number of para-hydroxylation sites is 1. The molecule has 0 amide bonds. The number of fused-ring (bicyclic) bond motifs is 3. The molecular formula is C25H19BrN4O2. The lowest BCUT2D eigenvalue weighted by Gasteiger charge is -2.39. The second-order valence-electron chi connectivity index (χ2n) is 7.70. The highest BCUT2D eigenvalue weighted by atomic mass is 79.9. The highest BCUT2D eigenvalue weighted by Gasteiger charge is 2.40. The molecule has 0 aliphatic carbocycles. The molecule has 6 rings (SSSR count). The van der Waals surface area contributed by atoms with Crippen LogP contribution in [0.4, 0.5) is 5.95 Å². The van der Waals surface area contributed by atoms with E-state index < -0.39 is 0 Å². The predicted molar refractivity (Wildman–Crippen MR) is 126 cm³/mol. The summed E-state index contributed by atoms with van der Waals surface area (Å²) in [5.41, 5.74) is 5.27. The van der Waals surface area contributed by atoms with Gasteiger partial charge in [-0.1, -0.05) is 52.3 Å². The Morgan fingerprint density at radius 3 is 2.50 bits per heavy atom. The Kier molecular flexibility index (Phi) is 4.50. The van der Waals surface area contributed by atoms with Crippen LogP contribution in [0.25, 0.3) is 5.70 Å². The maximum Gasteiger partial charge on any atom is 0.226 e. The fourth-order valence-electron chi connectivity index (χ4n) is 4.44. The van der Waals surface area contributed by atoms with Crippen molar-refractivity contribution in [3.63, 3.8) is 0 Å². The predicted octanol–water partition coefficient (Wildman–Crippen LogP) is 5.61. The highest BCUT2D eigenvalue weighted by molar-refractivity contribution is 9.10. The average Bonchev–Trinajstić information content (AvgIpc) is 3.31. The largest absolute Gasteiger partial charge is 0.497 e. The molecule has 1 N–H and O–H groups in total. The Morgan fingerprint density at radius 1 is 0.969 bits per heavy atom. The van der Waals surface area contributed by atoms with E-state index in [9.17, 15) is 0 Å². The van der Waals surface area contributed by atoms with Crippen LogP contribution in [0.1, 0.15) is 28.8 Å². The summed E-state index contributed by atoms with van der Waals surface area (Å²) in [5.74, 6) is 2.36. The lowest BCUT2D eigenvalue weighted by Crippen LogP contribution is -2.32. The van der Waals surface area contributed by atoms with Crippen molar-refractivity contribution in [1.82, 2.24) is 14.8 Å². The fraction of sp³-hybridized carbons (Fsp3) is 0.120. The van der Waals surface area contributed by atoms with E-state index in [4.69, 9.17) is 9.47 Å². The van der Waals surface area contributed by atoms with Crippen LogP contribution in [-0.4, -0.2) is 21.9 Å². The molecule has 0 bridgehead atoms. The van der Waals surface area contributed by atoms with Gasteiger partial charge in [-0.2, -0.15) is 10.1 Å². The van der Waals surface area contributed by atoms with E-state index >= 15 is 0 Å². The van der Waals surface area contributed by atoms with Crippen LogP contribution in [0.2, 0.25) is 0 Å². The second-order valence-corrected chi connectivity index (χ2v) is 8.62. The monoisotopic (exact) mass is 486 g/mol. The third-order valence-corrected chi connectivity index (χ3v) is 6.45. The number of benzene rings is 3. The van der Waals surface area contributed by atoms with Gasteiger partial charge in [-0.15, -0.1) is 0 Å². The number of nitrogens with one attached hydrogen (secondary N) is 1. The first-order valence-corrected chi connectivity index (χ1v) is 11.1. The molecule has 0 unspecified atom stereocenters. The zero-order chi connectivity index (χ0) is 21.7. The minimum atomic E-state index is -0.287. The number of hydrogen-bond donors (Lipinski definition) is 1. The minimum absolute atomic E-state index is 0.184. The van der Waals surface area contributed by atoms with Gasteiger partial charge in [0.05, 0.1) is 12.8 Å². The third-order valence-electron chi connectivity index (χ3n) is 5.93. The van der Waals surface area contributed by atoms with E-state index in [2.05, 4.69) is 61.7 Å². The second kappa shape index (κ2) is 7.53. The summed E-state index contributed by atoms with van der Waals surface area (Å²) in [6, 6.07) is 24.3. The smallest absolute Gasteiger partial charge is 0.226 e. The number of aromatic nitrogens is 3. The van der Waals surface area contributed by atoms with E-state index in [-0.39, 0.29) is 12.1 Å². The number of ether oxygens (including phenoxy) is 2. The molecule has 4 aromatic rings. The van der Waals surface area contributed by atoms with Crippen molar-refractivity contribution in [1.29, 1.82) is 0 Å². The van der Waals surface area contributed by atoms with Crippen molar-refractivity contribution in [2.75, 3.05) is 12.4 Å². The summed E-state index contributed by atoms with van der Waals surface area (Å²) in [6.07, 6.45) is 1.29. The third kappa shape index (κ3) is 3.00. The topological polar surface area (TPSA) is 61.2 Å². The molecule has 3 heterocycles. The summed E-state index contributed by atoms with van der Waals surface area (Å²) >= 11 is 3.54. The van der Waals surface area contributed by atoms with E-state index in [0.29, 0.717) is 5.95 Å². The van der Waals surface area contributed by atoms with Gasteiger partial charge in [0.2, 0.25) is 5.95 Å². The fourth-order valence-corrected chi connectivity index (χ4v) is 4.70. The SMILES string of the molecule is COc1ccc([C@H]2C3=C(Nc4ncnn42)c2ccccc2O[C@H]3c2ccc(Br)cc2)cc1. The van der Waals surface area contributed by atoms with Gasteiger partial charge in [0.15, 0.2) is 0 Å². The average molecular weight is 487 g/mol. The molecule has 32 heavy (non-hydrogen) atoms. The molecule has 0 radical (unpaired) electrons. The highest BCUT2D eigenvalue weighted by Crippen LogP contribution is 2.50. The summed E-state index contributed by atoms with van der Waals surface area (Å²) in [4.78, 5) is 4.47. The number of halogens is 1. The van der Waals surface area contributed by atoms with Crippen molar-refractivity contribution < 1.29 is 9.47 Å². The number of nitrogens with zero attached hydrogens (tertiary/aromatic N) is 3. The molecule has 0 saturated heterocycles. The maximum atomic E-state index is 6.62. The van der Waals surface area contributed by atoms with E-state index in [1.54, 1.807) is 13.4 Å². The number of methoxy groups -OCH3 is 1. The van der Waals surface area contributed by atoms with Crippen molar-refractivity contribution >= 4 is 27.6 Å². The van der Waals surface area contributed by atoms with E-state index in [1.807, 2.05) is 47.1 Å². The van der Waals surface area contributed by atoms with Gasteiger partial charge in [0, 0.05) is 15.6 Å². The molecular weight excluding hydrogens is 468 g/mol. The van der Waals surface area contributed by atoms with Gasteiger partial charge in [-0.3, -0.25) is 0 Å². The molecule has 7 heteroatoms. The van der Waals surface area contributed by atoms with Crippen LogP contribution in [0.15, 0.2) is 89.2 Å². The molecule has 2 aliphatic heterocycles. The lowest BCUT2D eigenvalue weighted by molar-refractivity contribution is 0.223. The molecule has 1 aromatic heterocycles. The molecule has 2 atom stereocenters. The summed E-state index contributed by atoms with van der Waals surface area (Å²) in [5, 5.41) is 8.08. The summed E-state index contributed by atoms with van der Waals surface area (Å²) < 4.78 is 14.9. The van der Waals surface area contributed by atoms with Crippen LogP contribution >= 0.6 is 15.9 Å². The number of anilines is 1. The normalized spacial score (nSPS) is 18.7. The van der Waals surface area contributed by atoms with Gasteiger partial charge >= 0.3 is 0 Å². The molecule has 158 valence electrons. The van der Waals surface area contributed by atoms with Gasteiger partial charge < -0.3 is 14.8 Å². The maximum absolute atomic E-state index is 6.62. The van der Waals surface area contributed by atoms with E-state index in [0.717, 1.165) is 43.9 Å². The molecule has 0 fully saturated rings. The van der Waals surface area contributed by atoms with Crippen LogP contribution in [0.5, 0.6) is 11.5 Å². The number of hydrogen-bond acceptors (Lipinski definition) is 5. The van der Waals surface area contributed by atoms with Crippen LogP contribution in [-0.2, 0) is 0 Å². The zero-order valence-corrected chi connectivity index (χ0v) is 18.8.